The molecule has 5 heterocycles. The van der Waals surface area contributed by atoms with E-state index in [0.717, 1.165) is 48.2 Å². The first-order valence-electron chi connectivity index (χ1n) is 11.4. The number of benzene rings is 1. The van der Waals surface area contributed by atoms with Gasteiger partial charge in [0.05, 0.1) is 0 Å². The predicted octanol–water partition coefficient (Wildman–Crippen LogP) is 3.28. The Bertz CT molecular complexity index is 1300. The Hall–Kier alpha value is -3.71. The number of carbonyl (C=O) groups is 1. The van der Waals surface area contributed by atoms with E-state index < -0.39 is 0 Å². The summed E-state index contributed by atoms with van der Waals surface area (Å²) in [6.45, 7) is 2.84. The Kier molecular flexibility index (Phi) is 4.84. The standard InChI is InChI=1S/C26H26N6O/c1-31-8-2-3-20(15-31)17-4-5-19-13-29-24(10-21(19)9-17)30-26(33)18-6-7-27-25(11-18)32-16-22-12-23(32)14-28-22/h2-7,9-11,13,15,22-23,28H,8,12,14,16H2,1H3,(H,29,30,33). The normalized spacial score (nSPS) is 21.5. The van der Waals surface area contributed by atoms with Gasteiger partial charge in [0, 0.05) is 68.3 Å². The Morgan fingerprint density at radius 2 is 2.09 bits per heavy atom. The number of rotatable bonds is 4. The lowest BCUT2D eigenvalue weighted by Crippen LogP contribution is -2.44. The number of allylic oxidation sites excluding steroid dienone is 2. The largest absolute Gasteiger partial charge is 0.376 e. The first-order chi connectivity index (χ1) is 16.1. The first-order valence-corrected chi connectivity index (χ1v) is 11.4. The SMILES string of the molecule is CN1C=C(c2ccc3cnc(NC(=O)c4ccnc(N5CC6CC5CN6)c4)cc3c2)C=CC1. The van der Waals surface area contributed by atoms with Crippen molar-refractivity contribution in [2.45, 2.75) is 18.5 Å². The van der Waals surface area contributed by atoms with Crippen LogP contribution in [0.2, 0.25) is 0 Å². The van der Waals surface area contributed by atoms with Crippen LogP contribution in [0.4, 0.5) is 11.6 Å². The van der Waals surface area contributed by atoms with E-state index in [9.17, 15) is 4.79 Å². The molecule has 3 aliphatic heterocycles. The number of anilines is 2. The van der Waals surface area contributed by atoms with Gasteiger partial charge in [-0.1, -0.05) is 24.3 Å². The second kappa shape index (κ2) is 8.01. The van der Waals surface area contributed by atoms with Crippen molar-refractivity contribution >= 4 is 33.9 Å². The third kappa shape index (κ3) is 3.85. The van der Waals surface area contributed by atoms with Gasteiger partial charge in [-0.25, -0.2) is 9.97 Å². The number of piperazine rings is 1. The summed E-state index contributed by atoms with van der Waals surface area (Å²) in [7, 11) is 2.07. The maximum absolute atomic E-state index is 13.0. The second-order valence-corrected chi connectivity index (χ2v) is 9.06. The minimum Gasteiger partial charge on any atom is -0.376 e. The average molecular weight is 439 g/mol. The summed E-state index contributed by atoms with van der Waals surface area (Å²) in [6.07, 6.45) is 11.1. The van der Waals surface area contributed by atoms with Crippen LogP contribution in [0.1, 0.15) is 22.3 Å². The van der Waals surface area contributed by atoms with E-state index in [2.05, 4.69) is 74.0 Å². The number of carbonyl (C=O) groups excluding carboxylic acids is 1. The molecule has 2 unspecified atom stereocenters. The van der Waals surface area contributed by atoms with E-state index in [4.69, 9.17) is 0 Å². The zero-order chi connectivity index (χ0) is 22.4. The number of aromatic nitrogens is 2. The molecule has 1 aromatic carbocycles. The van der Waals surface area contributed by atoms with Gasteiger partial charge in [0.2, 0.25) is 0 Å². The molecule has 166 valence electrons. The molecule has 0 saturated carbocycles. The van der Waals surface area contributed by atoms with E-state index in [-0.39, 0.29) is 5.91 Å². The number of hydrogen-bond acceptors (Lipinski definition) is 6. The van der Waals surface area contributed by atoms with Crippen LogP contribution >= 0.6 is 0 Å². The van der Waals surface area contributed by atoms with Crippen molar-refractivity contribution in [2.24, 2.45) is 0 Å². The number of hydrogen-bond donors (Lipinski definition) is 2. The molecule has 7 heteroatoms. The first kappa shape index (κ1) is 19.9. The molecule has 33 heavy (non-hydrogen) atoms. The Labute approximate surface area is 192 Å². The fraction of sp³-hybridized carbons (Fsp3) is 0.269. The molecule has 3 aromatic rings. The van der Waals surface area contributed by atoms with Gasteiger partial charge in [0.1, 0.15) is 11.6 Å². The number of nitrogens with zero attached hydrogens (tertiary/aromatic N) is 4. The van der Waals surface area contributed by atoms with Crippen LogP contribution in [-0.4, -0.2) is 59.5 Å². The molecule has 2 aromatic heterocycles. The van der Waals surface area contributed by atoms with E-state index in [1.807, 2.05) is 12.1 Å². The van der Waals surface area contributed by atoms with Crippen molar-refractivity contribution < 1.29 is 4.79 Å². The second-order valence-electron chi connectivity index (χ2n) is 9.06. The molecule has 2 N–H and O–H groups in total. The third-order valence-corrected chi connectivity index (χ3v) is 6.71. The van der Waals surface area contributed by atoms with Crippen molar-refractivity contribution in [2.75, 3.05) is 36.9 Å². The van der Waals surface area contributed by atoms with Gasteiger partial charge in [-0.05, 0) is 47.2 Å². The minimum absolute atomic E-state index is 0.177. The predicted molar refractivity (Wildman–Crippen MR) is 131 cm³/mol. The highest BCUT2D eigenvalue weighted by molar-refractivity contribution is 6.05. The number of likely N-dealkylation sites (N-methyl/N-ethyl adjacent to an activating group) is 1. The highest BCUT2D eigenvalue weighted by Gasteiger charge is 2.38. The highest BCUT2D eigenvalue weighted by atomic mass is 16.1. The van der Waals surface area contributed by atoms with Gasteiger partial charge in [0.15, 0.2) is 0 Å². The van der Waals surface area contributed by atoms with Crippen LogP contribution < -0.4 is 15.5 Å². The molecular formula is C26H26N6O. The molecule has 0 aliphatic carbocycles. The topological polar surface area (TPSA) is 73.4 Å². The summed E-state index contributed by atoms with van der Waals surface area (Å²) in [6, 6.07) is 12.9. The zero-order valence-electron chi connectivity index (χ0n) is 18.5. The van der Waals surface area contributed by atoms with E-state index in [1.165, 1.54) is 5.57 Å². The maximum Gasteiger partial charge on any atom is 0.257 e. The number of amides is 1. The molecule has 2 atom stereocenters. The van der Waals surface area contributed by atoms with E-state index in [0.29, 0.717) is 23.5 Å². The Morgan fingerprint density at radius 1 is 1.15 bits per heavy atom. The Balaban J connectivity index is 1.23. The average Bonchev–Trinajstić information content (AvgIpc) is 3.48. The van der Waals surface area contributed by atoms with Crippen molar-refractivity contribution in [1.82, 2.24) is 20.2 Å². The number of fused-ring (bicyclic) bond motifs is 3. The van der Waals surface area contributed by atoms with Gasteiger partial charge in [-0.2, -0.15) is 0 Å². The van der Waals surface area contributed by atoms with Crippen LogP contribution in [0.3, 0.4) is 0 Å². The molecule has 0 spiro atoms. The van der Waals surface area contributed by atoms with Crippen LogP contribution in [0.15, 0.2) is 67.1 Å². The summed E-state index contributed by atoms with van der Waals surface area (Å²) in [5.74, 6) is 1.23. The molecule has 2 bridgehead atoms. The van der Waals surface area contributed by atoms with Crippen molar-refractivity contribution in [3.05, 3.63) is 78.3 Å². The highest BCUT2D eigenvalue weighted by Crippen LogP contribution is 2.29. The molecule has 2 fully saturated rings. The van der Waals surface area contributed by atoms with Crippen LogP contribution in [0.5, 0.6) is 0 Å². The summed E-state index contributed by atoms with van der Waals surface area (Å²) in [4.78, 5) is 26.4. The van der Waals surface area contributed by atoms with Gasteiger partial charge in [-0.15, -0.1) is 0 Å². The van der Waals surface area contributed by atoms with Crippen LogP contribution in [0, 0.1) is 0 Å². The van der Waals surface area contributed by atoms with Crippen molar-refractivity contribution in [3.8, 4) is 0 Å². The van der Waals surface area contributed by atoms with Crippen LogP contribution in [-0.2, 0) is 0 Å². The summed E-state index contributed by atoms with van der Waals surface area (Å²) < 4.78 is 0. The van der Waals surface area contributed by atoms with E-state index >= 15 is 0 Å². The van der Waals surface area contributed by atoms with Gasteiger partial charge < -0.3 is 20.4 Å². The fourth-order valence-corrected chi connectivity index (χ4v) is 4.99. The minimum atomic E-state index is -0.177. The lowest BCUT2D eigenvalue weighted by atomic mass is 10.0. The number of pyridine rings is 2. The molecular weight excluding hydrogens is 412 g/mol. The molecule has 6 rings (SSSR count). The lowest BCUT2D eigenvalue weighted by Gasteiger charge is -2.28. The van der Waals surface area contributed by atoms with E-state index in [1.54, 1.807) is 18.5 Å². The molecule has 3 aliphatic rings. The monoisotopic (exact) mass is 438 g/mol. The molecule has 7 nitrogen and oxygen atoms in total. The zero-order valence-corrected chi connectivity index (χ0v) is 18.5. The number of nitrogens with one attached hydrogen (secondary N) is 2. The summed E-state index contributed by atoms with van der Waals surface area (Å²) >= 11 is 0. The smallest absolute Gasteiger partial charge is 0.257 e. The summed E-state index contributed by atoms with van der Waals surface area (Å²) in [5.41, 5.74) is 2.90. The lowest BCUT2D eigenvalue weighted by molar-refractivity contribution is 0.102. The van der Waals surface area contributed by atoms with Crippen molar-refractivity contribution in [3.63, 3.8) is 0 Å². The van der Waals surface area contributed by atoms with Gasteiger partial charge in [0.25, 0.3) is 5.91 Å². The molecule has 1 amide bonds. The van der Waals surface area contributed by atoms with Crippen LogP contribution in [0.25, 0.3) is 16.3 Å². The van der Waals surface area contributed by atoms with Crippen molar-refractivity contribution in [1.29, 1.82) is 0 Å². The molecule has 2 saturated heterocycles. The fourth-order valence-electron chi connectivity index (χ4n) is 4.99. The third-order valence-electron chi connectivity index (χ3n) is 6.71. The quantitative estimate of drug-likeness (QED) is 0.651. The Morgan fingerprint density at radius 3 is 2.91 bits per heavy atom. The van der Waals surface area contributed by atoms with Gasteiger partial charge >= 0.3 is 0 Å². The van der Waals surface area contributed by atoms with Gasteiger partial charge in [-0.3, -0.25) is 4.79 Å². The maximum atomic E-state index is 13.0. The summed E-state index contributed by atoms with van der Waals surface area (Å²) in [5, 5.41) is 8.54. The molecule has 0 radical (unpaired) electrons.